The van der Waals surface area contributed by atoms with E-state index in [0.717, 1.165) is 37.3 Å². The molecule has 7 nitrogen and oxygen atoms in total. The van der Waals surface area contributed by atoms with Crippen LogP contribution in [0.4, 0.5) is 32.0 Å². The van der Waals surface area contributed by atoms with E-state index in [9.17, 15) is 35.9 Å². The van der Waals surface area contributed by atoms with Crippen molar-refractivity contribution in [3.63, 3.8) is 0 Å². The van der Waals surface area contributed by atoms with Gasteiger partial charge in [0.05, 0.1) is 33.5 Å². The molecule has 0 bridgehead atoms. The highest BCUT2D eigenvalue weighted by atomic mass is 32.1. The average Bonchev–Trinajstić information content (AvgIpc) is 3.77. The fraction of sp³-hybridized carbons (Fsp3) is 0.139. The molecule has 7 rings (SSSR count). The van der Waals surface area contributed by atoms with Gasteiger partial charge in [-0.15, -0.1) is 0 Å². The van der Waals surface area contributed by atoms with Crippen LogP contribution < -0.4 is 10.6 Å². The monoisotopic (exact) mass is 705 g/mol. The number of carbonyl (C=O) groups is 2. The van der Waals surface area contributed by atoms with Gasteiger partial charge in [0.1, 0.15) is 6.04 Å². The van der Waals surface area contributed by atoms with E-state index < -0.39 is 53.3 Å². The van der Waals surface area contributed by atoms with Crippen molar-refractivity contribution >= 4 is 54.9 Å². The summed E-state index contributed by atoms with van der Waals surface area (Å²) in [6.07, 6.45) is -7.38. The number of rotatable bonds is 8. The molecule has 1 unspecified atom stereocenters. The van der Waals surface area contributed by atoms with Gasteiger partial charge in [-0.25, -0.2) is 4.98 Å². The third-order valence-electron chi connectivity index (χ3n) is 8.21. The quantitative estimate of drug-likeness (QED) is 0.138. The predicted molar refractivity (Wildman–Crippen MR) is 179 cm³/mol. The first-order valence-corrected chi connectivity index (χ1v) is 16.0. The fourth-order valence-corrected chi connectivity index (χ4v) is 6.83. The van der Waals surface area contributed by atoms with Crippen LogP contribution in [0.5, 0.6) is 0 Å². The Morgan fingerprint density at radius 1 is 0.860 bits per heavy atom. The number of para-hydroxylation sites is 2. The number of aromatic amines is 1. The van der Waals surface area contributed by atoms with Gasteiger partial charge in [0.15, 0.2) is 4.96 Å². The number of hydrogen-bond acceptors (Lipinski definition) is 4. The number of halogens is 6. The van der Waals surface area contributed by atoms with Gasteiger partial charge in [0.2, 0.25) is 11.8 Å². The number of nitrogens with zero attached hydrogens (tertiary/aromatic N) is 2. The summed E-state index contributed by atoms with van der Waals surface area (Å²) in [7, 11) is 0. The van der Waals surface area contributed by atoms with E-state index in [1.54, 1.807) is 47.9 Å². The normalized spacial score (nSPS) is 12.8. The van der Waals surface area contributed by atoms with Gasteiger partial charge in [-0.3, -0.25) is 14.0 Å². The molecule has 4 aromatic carbocycles. The smallest absolute Gasteiger partial charge is 0.361 e. The van der Waals surface area contributed by atoms with E-state index in [4.69, 9.17) is 4.98 Å². The zero-order valence-corrected chi connectivity index (χ0v) is 26.5. The molecule has 3 heterocycles. The van der Waals surface area contributed by atoms with E-state index >= 15 is 0 Å². The first-order chi connectivity index (χ1) is 23.8. The lowest BCUT2D eigenvalue weighted by Crippen LogP contribution is -2.45. The molecule has 0 aliphatic carbocycles. The van der Waals surface area contributed by atoms with Gasteiger partial charge in [0.25, 0.3) is 0 Å². The molecule has 3 aromatic heterocycles. The number of benzene rings is 4. The molecule has 0 saturated heterocycles. The van der Waals surface area contributed by atoms with Crippen LogP contribution in [-0.4, -0.2) is 32.2 Å². The Morgan fingerprint density at radius 3 is 2.26 bits per heavy atom. The highest BCUT2D eigenvalue weighted by Gasteiger charge is 2.37. The molecule has 0 spiro atoms. The molecular formula is C36H25F6N5O2S. The summed E-state index contributed by atoms with van der Waals surface area (Å²) in [5.41, 5.74) is 0.841. The highest BCUT2D eigenvalue weighted by molar-refractivity contribution is 7.23. The molecule has 0 fully saturated rings. The summed E-state index contributed by atoms with van der Waals surface area (Å²) in [6, 6.07) is 21.9. The minimum atomic E-state index is -5.07. The van der Waals surface area contributed by atoms with Crippen LogP contribution in [0.1, 0.15) is 22.3 Å². The van der Waals surface area contributed by atoms with Crippen molar-refractivity contribution in [2.24, 2.45) is 0 Å². The van der Waals surface area contributed by atoms with Crippen LogP contribution in [0.3, 0.4) is 0 Å². The Morgan fingerprint density at radius 2 is 1.54 bits per heavy atom. The largest absolute Gasteiger partial charge is 0.416 e. The summed E-state index contributed by atoms with van der Waals surface area (Å²) in [4.78, 5) is 35.5. The van der Waals surface area contributed by atoms with Gasteiger partial charge in [0, 0.05) is 41.0 Å². The minimum Gasteiger partial charge on any atom is -0.361 e. The molecule has 14 heteroatoms. The molecule has 2 amide bonds. The number of thiazole rings is 1. The number of fused-ring (bicyclic) bond motifs is 4. The second kappa shape index (κ2) is 12.7. The molecular weight excluding hydrogens is 680 g/mol. The third kappa shape index (κ3) is 6.79. The fourth-order valence-electron chi connectivity index (χ4n) is 5.82. The molecule has 0 radical (unpaired) electrons. The number of aromatic nitrogens is 3. The molecule has 254 valence electrons. The van der Waals surface area contributed by atoms with Gasteiger partial charge in [-0.1, -0.05) is 53.8 Å². The molecule has 0 aliphatic rings. The second-order valence-electron chi connectivity index (χ2n) is 11.7. The van der Waals surface area contributed by atoms with Crippen LogP contribution in [0.2, 0.25) is 0 Å². The molecule has 0 saturated carbocycles. The molecule has 1 atom stereocenters. The highest BCUT2D eigenvalue weighted by Crippen LogP contribution is 2.36. The van der Waals surface area contributed by atoms with Crippen LogP contribution in [-0.2, 0) is 34.8 Å². The Kier molecular flexibility index (Phi) is 8.34. The first kappa shape index (κ1) is 32.9. The van der Waals surface area contributed by atoms with E-state index in [0.29, 0.717) is 23.4 Å². The lowest BCUT2D eigenvalue weighted by molar-refractivity contribution is -0.143. The number of amides is 2. The number of hydrogen-bond donors (Lipinski definition) is 3. The SMILES string of the molecule is O=C(Cc1cc(C(F)(F)F)cc(C(F)(F)F)c1)NC(Cc1c[nH]c2ccccc12)C(=O)Nc1ccc(-c2cn3c(n2)sc2ccccc23)cc1. The predicted octanol–water partition coefficient (Wildman–Crippen LogP) is 8.64. The Balaban J connectivity index is 1.12. The minimum absolute atomic E-state index is 0.00253. The van der Waals surface area contributed by atoms with Crippen molar-refractivity contribution in [3.8, 4) is 11.3 Å². The Hall–Kier alpha value is -5.63. The number of carbonyl (C=O) groups excluding carboxylic acids is 2. The summed E-state index contributed by atoms with van der Waals surface area (Å²) >= 11 is 1.56. The van der Waals surface area contributed by atoms with Gasteiger partial charge >= 0.3 is 12.4 Å². The van der Waals surface area contributed by atoms with Crippen molar-refractivity contribution in [2.75, 3.05) is 5.32 Å². The lowest BCUT2D eigenvalue weighted by Gasteiger charge is -2.19. The number of nitrogens with one attached hydrogen (secondary N) is 3. The maximum absolute atomic E-state index is 13.6. The molecule has 3 N–H and O–H groups in total. The first-order valence-electron chi connectivity index (χ1n) is 15.2. The van der Waals surface area contributed by atoms with Crippen molar-refractivity contribution < 1.29 is 35.9 Å². The Bertz CT molecular complexity index is 2340. The Labute approximate surface area is 283 Å². The molecule has 0 aliphatic heterocycles. The second-order valence-corrected chi connectivity index (χ2v) is 12.7. The average molecular weight is 706 g/mol. The van der Waals surface area contributed by atoms with Crippen LogP contribution in [0.15, 0.2) is 103 Å². The summed E-state index contributed by atoms with van der Waals surface area (Å²) in [5.74, 6) is -1.56. The van der Waals surface area contributed by atoms with E-state index in [-0.39, 0.29) is 12.5 Å². The summed E-state index contributed by atoms with van der Waals surface area (Å²) in [6.45, 7) is 0. The number of alkyl halides is 6. The van der Waals surface area contributed by atoms with Crippen molar-refractivity contribution in [1.82, 2.24) is 19.7 Å². The van der Waals surface area contributed by atoms with E-state index in [1.165, 1.54) is 0 Å². The molecule has 7 aromatic rings. The standard InChI is InChI=1S/C36H25F6N5O2S/c37-35(38,39)23-13-20(14-24(17-23)36(40,41)42)15-32(48)45-28(16-22-18-43-27-6-2-1-5-26(22)27)33(49)44-25-11-9-21(10-12-25)29-19-47-30-7-3-4-8-31(30)50-34(47)46-29/h1-14,17-19,28,43H,15-16H2,(H,44,49)(H,45,48). The van der Waals surface area contributed by atoms with Crippen LogP contribution >= 0.6 is 11.3 Å². The van der Waals surface area contributed by atoms with Gasteiger partial charge in [-0.2, -0.15) is 26.3 Å². The maximum Gasteiger partial charge on any atom is 0.416 e. The summed E-state index contributed by atoms with van der Waals surface area (Å²) in [5, 5.41) is 6.08. The topological polar surface area (TPSA) is 91.3 Å². The van der Waals surface area contributed by atoms with Gasteiger partial charge < -0.3 is 15.6 Å². The molecule has 50 heavy (non-hydrogen) atoms. The van der Waals surface area contributed by atoms with Crippen molar-refractivity contribution in [2.45, 2.75) is 31.2 Å². The zero-order chi connectivity index (χ0) is 35.2. The third-order valence-corrected chi connectivity index (χ3v) is 9.25. The van der Waals surface area contributed by atoms with Crippen molar-refractivity contribution in [1.29, 1.82) is 0 Å². The van der Waals surface area contributed by atoms with Crippen LogP contribution in [0, 0.1) is 0 Å². The van der Waals surface area contributed by atoms with E-state index in [2.05, 4.69) is 15.6 Å². The maximum atomic E-state index is 13.6. The summed E-state index contributed by atoms with van der Waals surface area (Å²) < 4.78 is 83.6. The van der Waals surface area contributed by atoms with Gasteiger partial charge in [-0.05, 0) is 59.7 Å². The number of anilines is 1. The number of H-pyrrole nitrogens is 1. The van der Waals surface area contributed by atoms with Crippen molar-refractivity contribution in [3.05, 3.63) is 126 Å². The number of imidazole rings is 1. The zero-order valence-electron chi connectivity index (χ0n) is 25.7. The lowest BCUT2D eigenvalue weighted by atomic mass is 10.0. The van der Waals surface area contributed by atoms with Crippen LogP contribution in [0.25, 0.3) is 37.3 Å². The van der Waals surface area contributed by atoms with E-state index in [1.807, 2.05) is 53.1 Å².